The minimum Gasteiger partial charge on any atom is -0.491 e. The lowest BCUT2D eigenvalue weighted by Crippen LogP contribution is -2.21. The summed E-state index contributed by atoms with van der Waals surface area (Å²) in [5.74, 6) is -2.01. The number of rotatable bonds is 6. The van der Waals surface area contributed by atoms with Gasteiger partial charge in [-0.15, -0.1) is 0 Å². The van der Waals surface area contributed by atoms with E-state index in [0.717, 1.165) is 12.1 Å². The quantitative estimate of drug-likeness (QED) is 0.834. The predicted molar refractivity (Wildman–Crippen MR) is 90.6 cm³/mol. The van der Waals surface area contributed by atoms with Gasteiger partial charge >= 0.3 is 0 Å². The van der Waals surface area contributed by atoms with Crippen molar-refractivity contribution in [1.29, 1.82) is 0 Å². The van der Waals surface area contributed by atoms with Crippen LogP contribution < -0.4 is 15.4 Å². The van der Waals surface area contributed by atoms with Crippen molar-refractivity contribution in [2.24, 2.45) is 0 Å². The molecule has 0 aromatic heterocycles. The van der Waals surface area contributed by atoms with Crippen molar-refractivity contribution in [1.82, 2.24) is 0 Å². The summed E-state index contributed by atoms with van der Waals surface area (Å²) in [5, 5.41) is 5.40. The molecule has 0 aliphatic rings. The molecular weight excluding hydrogens is 314 g/mol. The van der Waals surface area contributed by atoms with Crippen molar-refractivity contribution in [2.75, 3.05) is 24.3 Å². The molecule has 4 nitrogen and oxygen atoms in total. The fourth-order valence-electron chi connectivity index (χ4n) is 2.20. The molecule has 24 heavy (non-hydrogen) atoms. The minimum atomic E-state index is -0.829. The Balaban J connectivity index is 1.93. The van der Waals surface area contributed by atoms with Gasteiger partial charge in [0.2, 0.25) is 5.91 Å². The molecule has 0 atom stereocenters. The highest BCUT2D eigenvalue weighted by Crippen LogP contribution is 2.25. The minimum absolute atomic E-state index is 0.114. The SMILES string of the molecule is COc1c(F)cc(NCC(=O)Nc2ccc(C(C)C)cc2)cc1F. The Morgan fingerprint density at radius 2 is 1.67 bits per heavy atom. The third-order valence-electron chi connectivity index (χ3n) is 3.52. The van der Waals surface area contributed by atoms with Crippen LogP contribution in [0.2, 0.25) is 0 Å². The van der Waals surface area contributed by atoms with Gasteiger partial charge in [-0.25, -0.2) is 8.78 Å². The zero-order chi connectivity index (χ0) is 17.7. The van der Waals surface area contributed by atoms with Gasteiger partial charge < -0.3 is 15.4 Å². The van der Waals surface area contributed by atoms with E-state index >= 15 is 0 Å². The number of benzene rings is 2. The van der Waals surface area contributed by atoms with Gasteiger partial charge in [-0.3, -0.25) is 4.79 Å². The van der Waals surface area contributed by atoms with E-state index in [1.165, 1.54) is 12.7 Å². The molecule has 0 unspecified atom stereocenters. The number of hydrogen-bond acceptors (Lipinski definition) is 3. The molecule has 0 heterocycles. The molecule has 0 saturated carbocycles. The van der Waals surface area contributed by atoms with Crippen molar-refractivity contribution in [2.45, 2.75) is 19.8 Å². The standard InChI is InChI=1S/C18H20F2N2O2/c1-11(2)12-4-6-13(7-5-12)22-17(23)10-21-14-8-15(19)18(24-3)16(20)9-14/h4-9,11,21H,10H2,1-3H3,(H,22,23). The Bertz CT molecular complexity index is 692. The van der Waals surface area contributed by atoms with E-state index < -0.39 is 17.4 Å². The molecular formula is C18H20F2N2O2. The molecule has 2 N–H and O–H groups in total. The lowest BCUT2D eigenvalue weighted by Gasteiger charge is -2.11. The Hall–Kier alpha value is -2.63. The predicted octanol–water partition coefficient (Wildman–Crippen LogP) is 4.15. The summed E-state index contributed by atoms with van der Waals surface area (Å²) in [6.07, 6.45) is 0. The van der Waals surface area contributed by atoms with Crippen LogP contribution in [0.15, 0.2) is 36.4 Å². The summed E-state index contributed by atoms with van der Waals surface area (Å²) in [7, 11) is 1.19. The number of halogens is 2. The van der Waals surface area contributed by atoms with Crippen LogP contribution in [-0.4, -0.2) is 19.6 Å². The van der Waals surface area contributed by atoms with Crippen LogP contribution in [0.3, 0.4) is 0 Å². The number of hydrogen-bond donors (Lipinski definition) is 2. The molecule has 128 valence electrons. The van der Waals surface area contributed by atoms with Crippen molar-refractivity contribution < 1.29 is 18.3 Å². The van der Waals surface area contributed by atoms with Crippen molar-refractivity contribution in [3.8, 4) is 5.75 Å². The van der Waals surface area contributed by atoms with Crippen LogP contribution in [0, 0.1) is 11.6 Å². The van der Waals surface area contributed by atoms with E-state index in [-0.39, 0.29) is 18.1 Å². The monoisotopic (exact) mass is 334 g/mol. The molecule has 0 radical (unpaired) electrons. The number of methoxy groups -OCH3 is 1. The summed E-state index contributed by atoms with van der Waals surface area (Å²) in [5.41, 5.74) is 2.00. The first kappa shape index (κ1) is 17.7. The van der Waals surface area contributed by atoms with Crippen LogP contribution in [0.1, 0.15) is 25.3 Å². The second-order valence-electron chi connectivity index (χ2n) is 5.65. The molecule has 2 aromatic carbocycles. The number of carbonyl (C=O) groups is 1. The van der Waals surface area contributed by atoms with E-state index in [1.807, 2.05) is 24.3 Å². The van der Waals surface area contributed by atoms with Gasteiger partial charge in [-0.05, 0) is 23.6 Å². The summed E-state index contributed by atoms with van der Waals surface area (Å²) in [6.45, 7) is 4.06. The largest absolute Gasteiger partial charge is 0.491 e. The van der Waals surface area contributed by atoms with Gasteiger partial charge in [0, 0.05) is 23.5 Å². The summed E-state index contributed by atoms with van der Waals surface area (Å²) < 4.78 is 31.8. The maximum atomic E-state index is 13.6. The first-order valence-corrected chi connectivity index (χ1v) is 7.57. The molecule has 1 amide bonds. The molecule has 0 fully saturated rings. The zero-order valence-corrected chi connectivity index (χ0v) is 13.8. The highest BCUT2D eigenvalue weighted by molar-refractivity contribution is 5.93. The number of amides is 1. The molecule has 0 aliphatic carbocycles. The number of nitrogens with one attached hydrogen (secondary N) is 2. The Labute approximate surface area is 139 Å². The highest BCUT2D eigenvalue weighted by atomic mass is 19.1. The van der Waals surface area contributed by atoms with Crippen LogP contribution >= 0.6 is 0 Å². The van der Waals surface area contributed by atoms with Crippen molar-refractivity contribution in [3.05, 3.63) is 53.6 Å². The number of carbonyl (C=O) groups excluding carboxylic acids is 1. The average molecular weight is 334 g/mol. The third kappa shape index (κ3) is 4.44. The van der Waals surface area contributed by atoms with Gasteiger partial charge in [-0.1, -0.05) is 26.0 Å². The van der Waals surface area contributed by atoms with Crippen LogP contribution in [0.25, 0.3) is 0 Å². The van der Waals surface area contributed by atoms with Crippen LogP contribution in [-0.2, 0) is 4.79 Å². The van der Waals surface area contributed by atoms with Gasteiger partial charge in [0.15, 0.2) is 17.4 Å². The summed E-state index contributed by atoms with van der Waals surface area (Å²) in [4.78, 5) is 11.9. The molecule has 6 heteroatoms. The molecule has 0 spiro atoms. The third-order valence-corrected chi connectivity index (χ3v) is 3.52. The smallest absolute Gasteiger partial charge is 0.243 e. The van der Waals surface area contributed by atoms with Crippen LogP contribution in [0.5, 0.6) is 5.75 Å². The molecule has 2 rings (SSSR count). The fourth-order valence-corrected chi connectivity index (χ4v) is 2.20. The topological polar surface area (TPSA) is 50.4 Å². The lowest BCUT2D eigenvalue weighted by molar-refractivity contribution is -0.114. The number of anilines is 2. The van der Waals surface area contributed by atoms with Gasteiger partial charge in [0.1, 0.15) is 0 Å². The van der Waals surface area contributed by atoms with Crippen molar-refractivity contribution >= 4 is 17.3 Å². The first-order chi connectivity index (χ1) is 11.4. The lowest BCUT2D eigenvalue weighted by atomic mass is 10.0. The maximum absolute atomic E-state index is 13.6. The molecule has 2 aromatic rings. The Kier molecular flexibility index (Phi) is 5.73. The highest BCUT2D eigenvalue weighted by Gasteiger charge is 2.12. The van der Waals surface area contributed by atoms with E-state index in [9.17, 15) is 13.6 Å². The Morgan fingerprint density at radius 3 is 2.17 bits per heavy atom. The maximum Gasteiger partial charge on any atom is 0.243 e. The normalized spacial score (nSPS) is 10.6. The van der Waals surface area contributed by atoms with Crippen LogP contribution in [0.4, 0.5) is 20.2 Å². The fraction of sp³-hybridized carbons (Fsp3) is 0.278. The summed E-state index contributed by atoms with van der Waals surface area (Å²) >= 11 is 0. The molecule has 0 saturated heterocycles. The second-order valence-corrected chi connectivity index (χ2v) is 5.65. The molecule has 0 bridgehead atoms. The van der Waals surface area contributed by atoms with E-state index in [1.54, 1.807) is 0 Å². The summed E-state index contributed by atoms with van der Waals surface area (Å²) in [6, 6.07) is 9.68. The first-order valence-electron chi connectivity index (χ1n) is 7.57. The van der Waals surface area contributed by atoms with E-state index in [2.05, 4.69) is 29.2 Å². The Morgan fingerprint density at radius 1 is 1.08 bits per heavy atom. The van der Waals surface area contributed by atoms with E-state index in [4.69, 9.17) is 0 Å². The second kappa shape index (κ2) is 7.77. The van der Waals surface area contributed by atoms with Gasteiger partial charge in [0.05, 0.1) is 13.7 Å². The molecule has 0 aliphatic heterocycles. The zero-order valence-electron chi connectivity index (χ0n) is 13.8. The van der Waals surface area contributed by atoms with Gasteiger partial charge in [-0.2, -0.15) is 0 Å². The number of ether oxygens (including phenoxy) is 1. The van der Waals surface area contributed by atoms with Crippen molar-refractivity contribution in [3.63, 3.8) is 0 Å². The van der Waals surface area contributed by atoms with E-state index in [0.29, 0.717) is 11.6 Å². The average Bonchev–Trinajstić information content (AvgIpc) is 2.53. The van der Waals surface area contributed by atoms with Gasteiger partial charge in [0.25, 0.3) is 0 Å².